The summed E-state index contributed by atoms with van der Waals surface area (Å²) in [6.45, 7) is 7.83. The van der Waals surface area contributed by atoms with E-state index in [9.17, 15) is 18.3 Å². The number of dihydropyridines is 1. The first-order chi connectivity index (χ1) is 14.7. The molecule has 3 N–H and O–H groups in total. The number of halogens is 4. The molecule has 1 heterocycles. The van der Waals surface area contributed by atoms with Gasteiger partial charge >= 0.3 is 6.18 Å². The van der Waals surface area contributed by atoms with Gasteiger partial charge in [-0.25, -0.2) is 0 Å². The fraction of sp³-hybridized carbons (Fsp3) is 0.435. The van der Waals surface area contributed by atoms with Crippen LogP contribution in [-0.4, -0.2) is 30.1 Å². The number of nitrogens with zero attached hydrogens (tertiary/aromatic N) is 1. The fourth-order valence-corrected chi connectivity index (χ4v) is 2.85. The number of hydrogen-bond acceptors (Lipinski definition) is 4. The molecule has 1 aliphatic carbocycles. The largest absolute Gasteiger partial charge is 0.505 e. The lowest BCUT2D eigenvalue weighted by Gasteiger charge is -2.23. The first kappa shape index (κ1) is 26.6. The van der Waals surface area contributed by atoms with Crippen molar-refractivity contribution in [3.8, 4) is 0 Å². The minimum Gasteiger partial charge on any atom is -0.505 e. The Hall–Kier alpha value is -2.41. The first-order valence-corrected chi connectivity index (χ1v) is 10.7. The van der Waals surface area contributed by atoms with E-state index < -0.39 is 24.1 Å². The van der Waals surface area contributed by atoms with E-state index in [0.29, 0.717) is 10.6 Å². The SMILES string of the molecule is CCC.C\C=C/N=C1\C=C(CNC2=CNCC(C(F)(F)F)=C2O)C(Cl)=C\C1=C/CCC. The van der Waals surface area contributed by atoms with Gasteiger partial charge in [0.25, 0.3) is 0 Å². The van der Waals surface area contributed by atoms with Gasteiger partial charge in [0.1, 0.15) is 5.76 Å². The molecule has 0 bridgehead atoms. The molecule has 2 aliphatic rings. The van der Waals surface area contributed by atoms with Crippen LogP contribution in [-0.2, 0) is 0 Å². The Bertz CT molecular complexity index is 831. The van der Waals surface area contributed by atoms with Crippen molar-refractivity contribution in [2.75, 3.05) is 13.1 Å². The monoisotopic (exact) mass is 457 g/mol. The maximum absolute atomic E-state index is 13.0. The summed E-state index contributed by atoms with van der Waals surface area (Å²) >= 11 is 6.36. The molecule has 0 saturated carbocycles. The van der Waals surface area contributed by atoms with Crippen molar-refractivity contribution in [3.63, 3.8) is 0 Å². The van der Waals surface area contributed by atoms with E-state index in [0.717, 1.165) is 24.1 Å². The van der Waals surface area contributed by atoms with Gasteiger partial charge in [-0.15, -0.1) is 0 Å². The number of aliphatic hydroxyl groups excluding tert-OH is 1. The summed E-state index contributed by atoms with van der Waals surface area (Å²) in [5.74, 6) is -0.811. The zero-order valence-electron chi connectivity index (χ0n) is 18.4. The number of rotatable bonds is 6. The highest BCUT2D eigenvalue weighted by molar-refractivity contribution is 6.34. The lowest BCUT2D eigenvalue weighted by atomic mass is 9.98. The van der Waals surface area contributed by atoms with E-state index in [-0.39, 0.29) is 12.2 Å². The smallest absolute Gasteiger partial charge is 0.418 e. The Labute approximate surface area is 187 Å². The second-order valence-corrected chi connectivity index (χ2v) is 7.34. The summed E-state index contributed by atoms with van der Waals surface area (Å²) in [6.07, 6.45) is 8.92. The van der Waals surface area contributed by atoms with E-state index in [2.05, 4.69) is 36.4 Å². The van der Waals surface area contributed by atoms with Crippen LogP contribution in [0, 0.1) is 0 Å². The summed E-state index contributed by atoms with van der Waals surface area (Å²) in [6, 6.07) is 0. The molecule has 1 aliphatic heterocycles. The predicted molar refractivity (Wildman–Crippen MR) is 123 cm³/mol. The number of allylic oxidation sites excluding steroid dienone is 5. The predicted octanol–water partition coefficient (Wildman–Crippen LogP) is 6.58. The summed E-state index contributed by atoms with van der Waals surface area (Å²) in [5.41, 5.74) is 1.22. The molecule has 4 nitrogen and oxygen atoms in total. The highest BCUT2D eigenvalue weighted by atomic mass is 35.5. The summed E-state index contributed by atoms with van der Waals surface area (Å²) in [5, 5.41) is 15.7. The Morgan fingerprint density at radius 2 is 1.94 bits per heavy atom. The lowest BCUT2D eigenvalue weighted by molar-refractivity contribution is -0.0956. The van der Waals surface area contributed by atoms with Crippen LogP contribution in [0.15, 0.2) is 74.9 Å². The molecule has 172 valence electrons. The van der Waals surface area contributed by atoms with E-state index in [1.54, 1.807) is 24.4 Å². The standard InChI is InChI=1S/C20H23ClF3N3O.C3H8/c1-3-5-6-13-8-16(21)14(9-17(13)26-7-4-2)10-27-18-12-25-11-15(19(18)28)20(22,23)24;1-3-2/h4,6-9,12,25,27-28H,3,5,10-11H2,1-2H3;3H2,1-2H3/b7-4-,13-6+,26-17+;. The van der Waals surface area contributed by atoms with E-state index in [1.165, 1.54) is 12.6 Å². The highest BCUT2D eigenvalue weighted by Crippen LogP contribution is 2.31. The van der Waals surface area contributed by atoms with Crippen molar-refractivity contribution in [3.05, 3.63) is 69.9 Å². The molecular weight excluding hydrogens is 427 g/mol. The second-order valence-electron chi connectivity index (χ2n) is 6.93. The third-order valence-corrected chi connectivity index (χ3v) is 4.44. The van der Waals surface area contributed by atoms with Crippen LogP contribution in [0.5, 0.6) is 0 Å². The molecule has 0 amide bonds. The number of aliphatic hydroxyl groups is 1. The van der Waals surface area contributed by atoms with Gasteiger partial charge in [0, 0.05) is 30.5 Å². The molecule has 0 saturated heterocycles. The van der Waals surface area contributed by atoms with Gasteiger partial charge in [-0.3, -0.25) is 4.99 Å². The molecular formula is C23H31ClF3N3O. The molecule has 0 spiro atoms. The van der Waals surface area contributed by atoms with Crippen LogP contribution in [0.1, 0.15) is 47.0 Å². The Balaban J connectivity index is 0.00000151. The topological polar surface area (TPSA) is 56.7 Å². The third kappa shape index (κ3) is 8.32. The van der Waals surface area contributed by atoms with Crippen molar-refractivity contribution in [1.82, 2.24) is 10.6 Å². The zero-order valence-corrected chi connectivity index (χ0v) is 19.2. The Morgan fingerprint density at radius 3 is 2.52 bits per heavy atom. The first-order valence-electron chi connectivity index (χ1n) is 10.3. The molecule has 0 unspecified atom stereocenters. The Morgan fingerprint density at radius 1 is 1.26 bits per heavy atom. The van der Waals surface area contributed by atoms with Crippen LogP contribution in [0.2, 0.25) is 0 Å². The molecule has 2 rings (SSSR count). The Kier molecular flexibility index (Phi) is 11.3. The number of unbranched alkanes of at least 4 members (excludes halogenated alkanes) is 1. The van der Waals surface area contributed by atoms with Crippen LogP contribution in [0.4, 0.5) is 13.2 Å². The van der Waals surface area contributed by atoms with Crippen molar-refractivity contribution in [1.29, 1.82) is 0 Å². The molecule has 31 heavy (non-hydrogen) atoms. The average molecular weight is 458 g/mol. The van der Waals surface area contributed by atoms with Crippen molar-refractivity contribution in [2.45, 2.75) is 53.1 Å². The van der Waals surface area contributed by atoms with Gasteiger partial charge in [0.05, 0.1) is 17.0 Å². The molecule has 0 aromatic carbocycles. The average Bonchev–Trinajstić information content (AvgIpc) is 2.71. The second kappa shape index (κ2) is 13.1. The lowest BCUT2D eigenvalue weighted by Crippen LogP contribution is -2.32. The van der Waals surface area contributed by atoms with Gasteiger partial charge < -0.3 is 15.7 Å². The molecule has 8 heteroatoms. The van der Waals surface area contributed by atoms with Crippen LogP contribution in [0.25, 0.3) is 0 Å². The van der Waals surface area contributed by atoms with Crippen molar-refractivity contribution >= 4 is 17.3 Å². The summed E-state index contributed by atoms with van der Waals surface area (Å²) < 4.78 is 38.9. The van der Waals surface area contributed by atoms with Crippen molar-refractivity contribution in [2.24, 2.45) is 4.99 Å². The number of hydrogen-bond donors (Lipinski definition) is 3. The minimum absolute atomic E-state index is 0.0387. The number of aliphatic imine (C=N–C) groups is 1. The van der Waals surface area contributed by atoms with Gasteiger partial charge in [-0.2, -0.15) is 13.2 Å². The fourth-order valence-electron chi connectivity index (χ4n) is 2.62. The molecule has 0 aromatic heterocycles. The van der Waals surface area contributed by atoms with Crippen LogP contribution >= 0.6 is 11.6 Å². The van der Waals surface area contributed by atoms with E-state index >= 15 is 0 Å². The molecule has 0 fully saturated rings. The van der Waals surface area contributed by atoms with Gasteiger partial charge in [-0.05, 0) is 36.6 Å². The maximum Gasteiger partial charge on any atom is 0.418 e. The van der Waals surface area contributed by atoms with Gasteiger partial charge in [-0.1, -0.05) is 57.4 Å². The van der Waals surface area contributed by atoms with E-state index in [1.807, 2.05) is 13.0 Å². The van der Waals surface area contributed by atoms with E-state index in [4.69, 9.17) is 11.6 Å². The molecule has 0 radical (unpaired) electrons. The number of nitrogens with one attached hydrogen (secondary N) is 2. The highest BCUT2D eigenvalue weighted by Gasteiger charge is 2.38. The van der Waals surface area contributed by atoms with Gasteiger partial charge in [0.15, 0.2) is 0 Å². The van der Waals surface area contributed by atoms with Crippen molar-refractivity contribution < 1.29 is 18.3 Å². The minimum atomic E-state index is -4.61. The third-order valence-electron chi connectivity index (χ3n) is 4.09. The van der Waals surface area contributed by atoms with Crippen LogP contribution in [0.3, 0.4) is 0 Å². The zero-order chi connectivity index (χ0) is 23.4. The van der Waals surface area contributed by atoms with Crippen LogP contribution < -0.4 is 10.6 Å². The quantitative estimate of drug-likeness (QED) is 0.422. The molecule has 0 atom stereocenters. The maximum atomic E-state index is 13.0. The summed E-state index contributed by atoms with van der Waals surface area (Å²) in [4.78, 5) is 4.40. The normalized spacial score (nSPS) is 19.5. The number of alkyl halides is 3. The molecule has 0 aromatic rings. The van der Waals surface area contributed by atoms with Gasteiger partial charge in [0.2, 0.25) is 0 Å². The summed E-state index contributed by atoms with van der Waals surface area (Å²) in [7, 11) is 0.